The standard InChI is InChI=1S/C23H25N5O3S/c1-3-23(2)20(30)28(21(31)25-23)26-19(29)15-32-22-24-17-11-7-8-12-18(17)27(22)14-13-16-9-5-4-6-10-16/h4-12H,3,13-15H2,1-2H3,(H,25,31)(H,26,29). The van der Waals surface area contributed by atoms with Gasteiger partial charge in [-0.3, -0.25) is 15.0 Å². The number of hydrazine groups is 1. The average Bonchev–Trinajstić information content (AvgIpc) is 3.26. The molecule has 0 bridgehead atoms. The lowest BCUT2D eigenvalue weighted by Crippen LogP contribution is -2.49. The molecule has 1 aliphatic rings. The van der Waals surface area contributed by atoms with Gasteiger partial charge in [0.05, 0.1) is 16.8 Å². The van der Waals surface area contributed by atoms with Gasteiger partial charge in [-0.05, 0) is 37.5 Å². The molecular weight excluding hydrogens is 426 g/mol. The van der Waals surface area contributed by atoms with Crippen molar-refractivity contribution in [2.24, 2.45) is 0 Å². The molecule has 32 heavy (non-hydrogen) atoms. The number of imide groups is 1. The van der Waals surface area contributed by atoms with Gasteiger partial charge in [0, 0.05) is 6.54 Å². The monoisotopic (exact) mass is 451 g/mol. The van der Waals surface area contributed by atoms with Crippen LogP contribution in [0.2, 0.25) is 0 Å². The number of nitrogens with one attached hydrogen (secondary N) is 2. The van der Waals surface area contributed by atoms with Crippen LogP contribution in [-0.4, -0.2) is 43.7 Å². The van der Waals surface area contributed by atoms with Gasteiger partial charge in [0.2, 0.25) is 5.91 Å². The van der Waals surface area contributed by atoms with Crippen LogP contribution in [0.1, 0.15) is 25.8 Å². The Morgan fingerprint density at radius 3 is 2.56 bits per heavy atom. The number of imidazole rings is 1. The van der Waals surface area contributed by atoms with Gasteiger partial charge in [0.25, 0.3) is 5.91 Å². The number of aromatic nitrogens is 2. The molecule has 0 aliphatic carbocycles. The molecule has 1 fully saturated rings. The zero-order valence-corrected chi connectivity index (χ0v) is 18.8. The number of fused-ring (bicyclic) bond motifs is 1. The lowest BCUT2D eigenvalue weighted by Gasteiger charge is -2.19. The smallest absolute Gasteiger partial charge is 0.322 e. The summed E-state index contributed by atoms with van der Waals surface area (Å²) in [4.78, 5) is 41.8. The second-order valence-electron chi connectivity index (χ2n) is 7.85. The van der Waals surface area contributed by atoms with Gasteiger partial charge in [0.1, 0.15) is 5.54 Å². The lowest BCUT2D eigenvalue weighted by molar-refractivity contribution is -0.137. The second-order valence-corrected chi connectivity index (χ2v) is 8.79. The topological polar surface area (TPSA) is 96.3 Å². The Bertz CT molecular complexity index is 1160. The molecule has 1 saturated heterocycles. The van der Waals surface area contributed by atoms with Crippen LogP contribution in [-0.2, 0) is 22.6 Å². The average molecular weight is 452 g/mol. The summed E-state index contributed by atoms with van der Waals surface area (Å²) in [6, 6.07) is 17.4. The Morgan fingerprint density at radius 1 is 1.12 bits per heavy atom. The highest BCUT2D eigenvalue weighted by atomic mass is 32.2. The fourth-order valence-corrected chi connectivity index (χ4v) is 4.41. The third kappa shape index (κ3) is 4.34. The van der Waals surface area contributed by atoms with Gasteiger partial charge < -0.3 is 9.88 Å². The Kier molecular flexibility index (Phi) is 6.18. The third-order valence-electron chi connectivity index (χ3n) is 5.62. The number of carbonyl (C=O) groups excluding carboxylic acids is 3. The highest BCUT2D eigenvalue weighted by molar-refractivity contribution is 7.99. The molecule has 4 amide bonds. The minimum absolute atomic E-state index is 0.0224. The predicted octanol–water partition coefficient (Wildman–Crippen LogP) is 3.12. The first-order valence-corrected chi connectivity index (χ1v) is 11.5. The number of nitrogens with zero attached hydrogens (tertiary/aromatic N) is 3. The van der Waals surface area contributed by atoms with Crippen LogP contribution in [0.5, 0.6) is 0 Å². The van der Waals surface area contributed by atoms with Gasteiger partial charge in [0.15, 0.2) is 5.16 Å². The number of aryl methyl sites for hydroxylation is 2. The Labute approximate surface area is 190 Å². The number of benzene rings is 2. The highest BCUT2D eigenvalue weighted by Gasteiger charge is 2.47. The first kappa shape index (κ1) is 21.9. The Morgan fingerprint density at radius 2 is 1.84 bits per heavy atom. The summed E-state index contributed by atoms with van der Waals surface area (Å²) >= 11 is 1.28. The molecule has 2 aromatic carbocycles. The lowest BCUT2D eigenvalue weighted by atomic mass is 10.00. The molecule has 1 aromatic heterocycles. The van der Waals surface area contributed by atoms with Crippen molar-refractivity contribution in [1.82, 2.24) is 25.3 Å². The van der Waals surface area contributed by atoms with Gasteiger partial charge >= 0.3 is 6.03 Å². The summed E-state index contributed by atoms with van der Waals surface area (Å²) in [7, 11) is 0. The van der Waals surface area contributed by atoms with Crippen LogP contribution in [0, 0.1) is 0 Å². The van der Waals surface area contributed by atoms with Crippen molar-refractivity contribution >= 4 is 40.6 Å². The van der Waals surface area contributed by atoms with E-state index in [0.29, 0.717) is 11.6 Å². The quantitative estimate of drug-likeness (QED) is 0.405. The number of hydrogen-bond acceptors (Lipinski definition) is 5. The fraction of sp³-hybridized carbons (Fsp3) is 0.304. The van der Waals surface area contributed by atoms with Crippen LogP contribution < -0.4 is 10.7 Å². The minimum Gasteiger partial charge on any atom is -0.322 e. The first-order chi connectivity index (χ1) is 15.4. The zero-order chi connectivity index (χ0) is 22.7. The van der Waals surface area contributed by atoms with Crippen molar-refractivity contribution in [2.45, 2.75) is 43.9 Å². The minimum atomic E-state index is -0.997. The van der Waals surface area contributed by atoms with E-state index in [-0.39, 0.29) is 5.75 Å². The summed E-state index contributed by atoms with van der Waals surface area (Å²) in [5.41, 5.74) is 4.50. The summed E-state index contributed by atoms with van der Waals surface area (Å²) in [6.07, 6.45) is 1.27. The van der Waals surface area contributed by atoms with Gasteiger partial charge in [-0.2, -0.15) is 5.01 Å². The fourth-order valence-electron chi connectivity index (χ4n) is 3.58. The molecule has 0 spiro atoms. The van der Waals surface area contributed by atoms with E-state index in [1.165, 1.54) is 17.3 Å². The Balaban J connectivity index is 1.45. The number of thioether (sulfide) groups is 1. The third-order valence-corrected chi connectivity index (χ3v) is 6.60. The highest BCUT2D eigenvalue weighted by Crippen LogP contribution is 2.25. The largest absolute Gasteiger partial charge is 0.344 e. The second kappa shape index (κ2) is 9.04. The van der Waals surface area contributed by atoms with E-state index in [9.17, 15) is 14.4 Å². The molecule has 4 rings (SSSR count). The van der Waals surface area contributed by atoms with E-state index in [1.54, 1.807) is 13.8 Å². The van der Waals surface area contributed by atoms with Crippen molar-refractivity contribution in [2.75, 3.05) is 5.75 Å². The van der Waals surface area contributed by atoms with E-state index < -0.39 is 23.4 Å². The van der Waals surface area contributed by atoms with Gasteiger partial charge in [-0.1, -0.05) is 61.2 Å². The van der Waals surface area contributed by atoms with Gasteiger partial charge in [-0.15, -0.1) is 0 Å². The van der Waals surface area contributed by atoms with Crippen molar-refractivity contribution < 1.29 is 14.4 Å². The number of hydrogen-bond donors (Lipinski definition) is 2. The van der Waals surface area contributed by atoms with Crippen LogP contribution >= 0.6 is 11.8 Å². The van der Waals surface area contributed by atoms with Crippen molar-refractivity contribution in [1.29, 1.82) is 0 Å². The van der Waals surface area contributed by atoms with Gasteiger partial charge in [-0.25, -0.2) is 9.78 Å². The molecule has 0 saturated carbocycles. The van der Waals surface area contributed by atoms with Crippen molar-refractivity contribution in [3.05, 3.63) is 60.2 Å². The zero-order valence-electron chi connectivity index (χ0n) is 18.0. The number of urea groups is 1. The number of amides is 4. The SMILES string of the molecule is CCC1(C)NC(=O)N(NC(=O)CSc2nc3ccccc3n2CCc2ccccc2)C1=O. The summed E-state index contributed by atoms with van der Waals surface area (Å²) in [5, 5.41) is 4.10. The normalized spacial score (nSPS) is 18.2. The number of carbonyl (C=O) groups is 3. The van der Waals surface area contributed by atoms with Crippen LogP contribution in [0.3, 0.4) is 0 Å². The first-order valence-electron chi connectivity index (χ1n) is 10.5. The van der Waals surface area contributed by atoms with Crippen molar-refractivity contribution in [3.63, 3.8) is 0 Å². The molecule has 3 aromatic rings. The molecule has 1 atom stereocenters. The molecule has 1 aliphatic heterocycles. The van der Waals surface area contributed by atoms with E-state index in [2.05, 4.69) is 32.4 Å². The molecular formula is C23H25N5O3S. The molecule has 2 N–H and O–H groups in total. The van der Waals surface area contributed by atoms with E-state index in [1.807, 2.05) is 42.5 Å². The van der Waals surface area contributed by atoms with Crippen LogP contribution in [0.15, 0.2) is 59.8 Å². The molecule has 166 valence electrons. The molecule has 2 heterocycles. The van der Waals surface area contributed by atoms with Crippen molar-refractivity contribution in [3.8, 4) is 0 Å². The molecule has 9 heteroatoms. The number of rotatable bonds is 8. The summed E-state index contributed by atoms with van der Waals surface area (Å²) < 4.78 is 2.10. The van der Waals surface area contributed by atoms with E-state index in [0.717, 1.165) is 29.0 Å². The summed E-state index contributed by atoms with van der Waals surface area (Å²) in [6.45, 7) is 4.17. The Hall–Kier alpha value is -3.33. The maximum absolute atomic E-state index is 12.5. The number of para-hydroxylation sites is 2. The molecule has 8 nitrogen and oxygen atoms in total. The van der Waals surface area contributed by atoms with E-state index in [4.69, 9.17) is 0 Å². The molecule has 1 unspecified atom stereocenters. The van der Waals surface area contributed by atoms with Crippen LogP contribution in [0.4, 0.5) is 4.79 Å². The predicted molar refractivity (Wildman–Crippen MR) is 123 cm³/mol. The summed E-state index contributed by atoms with van der Waals surface area (Å²) in [5.74, 6) is -0.881. The van der Waals surface area contributed by atoms with E-state index >= 15 is 0 Å². The maximum Gasteiger partial charge on any atom is 0.344 e. The maximum atomic E-state index is 12.5. The van der Waals surface area contributed by atoms with Crippen LogP contribution in [0.25, 0.3) is 11.0 Å². The molecule has 0 radical (unpaired) electrons.